The van der Waals surface area contributed by atoms with Crippen LogP contribution in [0.25, 0.3) is 0 Å². The van der Waals surface area contributed by atoms with Gasteiger partial charge >= 0.3 is 0 Å². The van der Waals surface area contributed by atoms with Gasteiger partial charge in [0.15, 0.2) is 0 Å². The molecule has 0 saturated carbocycles. The molecular formula is C10H21N3O2. The van der Waals surface area contributed by atoms with E-state index in [4.69, 9.17) is 5.73 Å². The molecule has 0 aromatic carbocycles. The van der Waals surface area contributed by atoms with Gasteiger partial charge in [-0.3, -0.25) is 14.9 Å². The van der Waals surface area contributed by atoms with Crippen LogP contribution in [0.4, 0.5) is 0 Å². The van der Waals surface area contributed by atoms with Gasteiger partial charge in [-0.25, -0.2) is 0 Å². The molecule has 0 aromatic heterocycles. The van der Waals surface area contributed by atoms with Crippen LogP contribution >= 0.6 is 0 Å². The van der Waals surface area contributed by atoms with E-state index >= 15 is 0 Å². The Labute approximate surface area is 90.8 Å². The highest BCUT2D eigenvalue weighted by molar-refractivity contribution is 5.82. The third kappa shape index (κ3) is 7.93. The zero-order valence-corrected chi connectivity index (χ0v) is 9.67. The molecule has 15 heavy (non-hydrogen) atoms. The lowest BCUT2D eigenvalue weighted by atomic mass is 10.1. The predicted octanol–water partition coefficient (Wildman–Crippen LogP) is -0.388. The molecule has 0 aliphatic rings. The first-order chi connectivity index (χ1) is 6.93. The van der Waals surface area contributed by atoms with Crippen molar-refractivity contribution < 1.29 is 9.59 Å². The quantitative estimate of drug-likeness (QED) is 0.541. The maximum Gasteiger partial charge on any atom is 0.234 e. The molecule has 0 spiro atoms. The van der Waals surface area contributed by atoms with Crippen LogP contribution in [0.1, 0.15) is 27.2 Å². The van der Waals surface area contributed by atoms with Gasteiger partial charge in [0.05, 0.1) is 12.6 Å². The smallest absolute Gasteiger partial charge is 0.234 e. The third-order valence-electron chi connectivity index (χ3n) is 2.04. The molecule has 4 N–H and O–H groups in total. The van der Waals surface area contributed by atoms with Crippen molar-refractivity contribution >= 4 is 11.8 Å². The van der Waals surface area contributed by atoms with Crippen molar-refractivity contribution in [1.29, 1.82) is 0 Å². The molecule has 0 radical (unpaired) electrons. The molecule has 0 rings (SSSR count). The fourth-order valence-corrected chi connectivity index (χ4v) is 0.909. The molecule has 0 aliphatic carbocycles. The highest BCUT2D eigenvalue weighted by Gasteiger charge is 2.09. The molecule has 2 amide bonds. The Morgan fingerprint density at radius 1 is 1.27 bits per heavy atom. The highest BCUT2D eigenvalue weighted by Crippen LogP contribution is 1.95. The van der Waals surface area contributed by atoms with E-state index in [1.807, 2.05) is 0 Å². The van der Waals surface area contributed by atoms with Crippen molar-refractivity contribution in [3.63, 3.8) is 0 Å². The van der Waals surface area contributed by atoms with Crippen LogP contribution in [-0.4, -0.2) is 30.9 Å². The van der Waals surface area contributed by atoms with E-state index < -0.39 is 11.9 Å². The van der Waals surface area contributed by atoms with Crippen LogP contribution in [0.5, 0.6) is 0 Å². The first-order valence-corrected chi connectivity index (χ1v) is 5.23. The first-order valence-electron chi connectivity index (χ1n) is 5.23. The Bertz CT molecular complexity index is 217. The van der Waals surface area contributed by atoms with Crippen LogP contribution in [0.15, 0.2) is 0 Å². The van der Waals surface area contributed by atoms with Gasteiger partial charge in [-0.15, -0.1) is 0 Å². The zero-order valence-electron chi connectivity index (χ0n) is 9.67. The topological polar surface area (TPSA) is 84.2 Å². The van der Waals surface area contributed by atoms with E-state index in [2.05, 4.69) is 24.5 Å². The molecule has 1 atom stereocenters. The molecule has 5 heteroatoms. The summed E-state index contributed by atoms with van der Waals surface area (Å²) in [6, 6.07) is -0.471. The number of hydrogen-bond acceptors (Lipinski definition) is 3. The SMILES string of the molecule is CC(C)CCNC(=O)CNC(C)C(N)=O. The molecule has 0 fully saturated rings. The van der Waals surface area contributed by atoms with Crippen molar-refractivity contribution in [2.24, 2.45) is 11.7 Å². The number of rotatable bonds is 7. The number of nitrogens with one attached hydrogen (secondary N) is 2. The fourth-order valence-electron chi connectivity index (χ4n) is 0.909. The minimum atomic E-state index is -0.471. The Morgan fingerprint density at radius 3 is 2.33 bits per heavy atom. The van der Waals surface area contributed by atoms with Crippen LogP contribution in [0.3, 0.4) is 0 Å². The number of amides is 2. The van der Waals surface area contributed by atoms with Gasteiger partial charge in [0.1, 0.15) is 0 Å². The molecule has 0 bridgehead atoms. The summed E-state index contributed by atoms with van der Waals surface area (Å²) in [7, 11) is 0. The maximum atomic E-state index is 11.2. The molecule has 0 saturated heterocycles. The monoisotopic (exact) mass is 215 g/mol. The Morgan fingerprint density at radius 2 is 1.87 bits per heavy atom. The van der Waals surface area contributed by atoms with E-state index in [-0.39, 0.29) is 12.5 Å². The second kappa shape index (κ2) is 7.23. The van der Waals surface area contributed by atoms with Crippen molar-refractivity contribution in [2.75, 3.05) is 13.1 Å². The standard InChI is InChI=1S/C10H21N3O2/c1-7(2)4-5-12-9(14)6-13-8(3)10(11)15/h7-8,13H,4-6H2,1-3H3,(H2,11,15)(H,12,14). The van der Waals surface area contributed by atoms with Crippen molar-refractivity contribution in [2.45, 2.75) is 33.2 Å². The van der Waals surface area contributed by atoms with E-state index in [0.717, 1.165) is 6.42 Å². The second-order valence-corrected chi connectivity index (χ2v) is 4.04. The summed E-state index contributed by atoms with van der Waals surface area (Å²) in [5, 5.41) is 5.49. The van der Waals surface area contributed by atoms with Gasteiger partial charge in [0.25, 0.3) is 0 Å². The van der Waals surface area contributed by atoms with E-state index in [9.17, 15) is 9.59 Å². The third-order valence-corrected chi connectivity index (χ3v) is 2.04. The van der Waals surface area contributed by atoms with Crippen molar-refractivity contribution in [3.8, 4) is 0 Å². The second-order valence-electron chi connectivity index (χ2n) is 4.04. The lowest BCUT2D eigenvalue weighted by molar-refractivity contribution is -0.121. The molecule has 1 unspecified atom stereocenters. The summed E-state index contributed by atoms with van der Waals surface area (Å²) in [6.45, 7) is 6.62. The number of hydrogen-bond donors (Lipinski definition) is 3. The van der Waals surface area contributed by atoms with Crippen LogP contribution in [0, 0.1) is 5.92 Å². The molecule has 88 valence electrons. The average Bonchev–Trinajstić information content (AvgIpc) is 2.13. The average molecular weight is 215 g/mol. The molecule has 0 aromatic rings. The molecule has 0 heterocycles. The lowest BCUT2D eigenvalue weighted by Gasteiger charge is -2.10. The number of carbonyl (C=O) groups excluding carboxylic acids is 2. The van der Waals surface area contributed by atoms with Gasteiger partial charge in [-0.2, -0.15) is 0 Å². The first kappa shape index (κ1) is 13.9. The molecule has 5 nitrogen and oxygen atoms in total. The fraction of sp³-hybridized carbons (Fsp3) is 0.800. The summed E-state index contributed by atoms with van der Waals surface area (Å²) in [4.78, 5) is 21.9. The summed E-state index contributed by atoms with van der Waals surface area (Å²) < 4.78 is 0. The number of primary amides is 1. The largest absolute Gasteiger partial charge is 0.368 e. The van der Waals surface area contributed by atoms with Crippen LogP contribution in [-0.2, 0) is 9.59 Å². The minimum absolute atomic E-state index is 0.108. The van der Waals surface area contributed by atoms with Crippen molar-refractivity contribution in [3.05, 3.63) is 0 Å². The van der Waals surface area contributed by atoms with Gasteiger partial charge in [-0.1, -0.05) is 13.8 Å². The highest BCUT2D eigenvalue weighted by atomic mass is 16.2. The summed E-state index contributed by atoms with van der Waals surface area (Å²) in [6.07, 6.45) is 0.955. The van der Waals surface area contributed by atoms with Crippen LogP contribution in [0.2, 0.25) is 0 Å². The Balaban J connectivity index is 3.53. The van der Waals surface area contributed by atoms with E-state index in [1.54, 1.807) is 6.92 Å². The maximum absolute atomic E-state index is 11.2. The van der Waals surface area contributed by atoms with E-state index in [1.165, 1.54) is 0 Å². The minimum Gasteiger partial charge on any atom is -0.368 e. The Kier molecular flexibility index (Phi) is 6.70. The van der Waals surface area contributed by atoms with Gasteiger partial charge in [0.2, 0.25) is 11.8 Å². The predicted molar refractivity (Wildman–Crippen MR) is 59.1 cm³/mol. The van der Waals surface area contributed by atoms with E-state index in [0.29, 0.717) is 12.5 Å². The normalized spacial score (nSPS) is 12.5. The lowest BCUT2D eigenvalue weighted by Crippen LogP contribution is -2.44. The Hall–Kier alpha value is -1.10. The van der Waals surface area contributed by atoms with Gasteiger partial charge < -0.3 is 11.1 Å². The van der Waals surface area contributed by atoms with Gasteiger partial charge in [0, 0.05) is 6.54 Å². The molecule has 0 aliphatic heterocycles. The summed E-state index contributed by atoms with van der Waals surface area (Å²) in [5.41, 5.74) is 5.03. The zero-order chi connectivity index (χ0) is 11.8. The van der Waals surface area contributed by atoms with Gasteiger partial charge in [-0.05, 0) is 19.3 Å². The number of carbonyl (C=O) groups is 2. The molecular weight excluding hydrogens is 194 g/mol. The summed E-state index contributed by atoms with van der Waals surface area (Å²) >= 11 is 0. The van der Waals surface area contributed by atoms with Crippen LogP contribution < -0.4 is 16.4 Å². The number of nitrogens with two attached hydrogens (primary N) is 1. The van der Waals surface area contributed by atoms with Crippen molar-refractivity contribution in [1.82, 2.24) is 10.6 Å². The summed E-state index contributed by atoms with van der Waals surface area (Å²) in [5.74, 6) is 0.0107.